The van der Waals surface area contributed by atoms with E-state index in [1.54, 1.807) is 24.7 Å². The minimum Gasteiger partial charge on any atom is -0.384 e. The summed E-state index contributed by atoms with van der Waals surface area (Å²) in [6.45, 7) is 5.51. The lowest BCUT2D eigenvalue weighted by Crippen LogP contribution is -2.40. The molecule has 0 radical (unpaired) electrons. The van der Waals surface area contributed by atoms with Crippen molar-refractivity contribution in [1.29, 1.82) is 0 Å². The summed E-state index contributed by atoms with van der Waals surface area (Å²) in [5, 5.41) is 18.0. The van der Waals surface area contributed by atoms with E-state index in [2.05, 4.69) is 10.3 Å². The van der Waals surface area contributed by atoms with Gasteiger partial charge in [0, 0.05) is 13.1 Å². The highest BCUT2D eigenvalue weighted by molar-refractivity contribution is 5.95. The van der Waals surface area contributed by atoms with Crippen LogP contribution in [-0.2, 0) is 5.60 Å². The summed E-state index contributed by atoms with van der Waals surface area (Å²) in [7, 11) is 0. The van der Waals surface area contributed by atoms with Crippen LogP contribution in [0.3, 0.4) is 0 Å². The van der Waals surface area contributed by atoms with Gasteiger partial charge in [-0.05, 0) is 45.2 Å². The fraction of sp³-hybridized carbons (Fsp3) is 0.500. The van der Waals surface area contributed by atoms with E-state index in [9.17, 15) is 18.7 Å². The van der Waals surface area contributed by atoms with Crippen molar-refractivity contribution < 1.29 is 18.7 Å². The number of amides is 1. The Morgan fingerprint density at radius 3 is 2.50 bits per heavy atom. The van der Waals surface area contributed by atoms with Gasteiger partial charge in [-0.3, -0.25) is 4.79 Å². The van der Waals surface area contributed by atoms with Gasteiger partial charge in [-0.2, -0.15) is 0 Å². The van der Waals surface area contributed by atoms with Crippen molar-refractivity contribution in [2.45, 2.75) is 45.3 Å². The normalized spacial score (nSPS) is 16.2. The Morgan fingerprint density at radius 1 is 1.27 bits per heavy atom. The third-order valence-corrected chi connectivity index (χ3v) is 4.76. The fourth-order valence-corrected chi connectivity index (χ4v) is 3.08. The smallest absolute Gasteiger partial charge is 0.259 e. The molecule has 1 aliphatic heterocycles. The number of aromatic nitrogens is 3. The van der Waals surface area contributed by atoms with Gasteiger partial charge in [-0.15, -0.1) is 5.10 Å². The van der Waals surface area contributed by atoms with Gasteiger partial charge in [0.25, 0.3) is 5.91 Å². The first-order chi connectivity index (χ1) is 12.2. The van der Waals surface area contributed by atoms with Gasteiger partial charge in [0.15, 0.2) is 0 Å². The van der Waals surface area contributed by atoms with Gasteiger partial charge in [0.2, 0.25) is 0 Å². The Hall–Kier alpha value is -2.35. The Labute approximate surface area is 150 Å². The zero-order chi connectivity index (χ0) is 19.1. The maximum Gasteiger partial charge on any atom is 0.259 e. The highest BCUT2D eigenvalue weighted by Gasteiger charge is 2.30. The molecular weight excluding hydrogens is 342 g/mol. The van der Waals surface area contributed by atoms with E-state index in [4.69, 9.17) is 0 Å². The molecule has 2 aromatic rings. The van der Waals surface area contributed by atoms with Gasteiger partial charge in [-0.25, -0.2) is 13.5 Å². The molecule has 3 rings (SSSR count). The first kappa shape index (κ1) is 18.4. The van der Waals surface area contributed by atoms with Crippen LogP contribution in [0.15, 0.2) is 18.3 Å². The number of carbonyl (C=O) groups excluding carboxylic acids is 1. The number of hydrogen-bond acceptors (Lipinski definition) is 4. The Bertz CT molecular complexity index is 821. The second-order valence-corrected chi connectivity index (χ2v) is 7.22. The number of halogens is 2. The summed E-state index contributed by atoms with van der Waals surface area (Å²) in [6, 6.07) is 2.46. The van der Waals surface area contributed by atoms with E-state index in [0.717, 1.165) is 6.07 Å². The number of aliphatic hydroxyl groups is 1. The van der Waals surface area contributed by atoms with E-state index < -0.39 is 28.7 Å². The summed E-state index contributed by atoms with van der Waals surface area (Å²) in [5.74, 6) is -2.27. The van der Waals surface area contributed by atoms with Crippen molar-refractivity contribution in [2.24, 2.45) is 0 Å². The average Bonchev–Trinajstić information content (AvgIpc) is 3.09. The number of benzene rings is 1. The number of hydrogen-bond donors (Lipinski definition) is 1. The van der Waals surface area contributed by atoms with Gasteiger partial charge in [0.05, 0.1) is 12.2 Å². The van der Waals surface area contributed by atoms with Crippen molar-refractivity contribution in [1.82, 2.24) is 19.9 Å². The summed E-state index contributed by atoms with van der Waals surface area (Å²) in [4.78, 5) is 14.0. The zero-order valence-electron chi connectivity index (χ0n) is 15.0. The van der Waals surface area contributed by atoms with Gasteiger partial charge >= 0.3 is 0 Å². The molecule has 1 aromatic heterocycles. The minimum atomic E-state index is -1.07. The summed E-state index contributed by atoms with van der Waals surface area (Å²) < 4.78 is 29.8. The number of nitrogens with zero attached hydrogens (tertiary/aromatic N) is 4. The van der Waals surface area contributed by atoms with Gasteiger partial charge in [0.1, 0.15) is 28.5 Å². The molecule has 0 unspecified atom stereocenters. The molecule has 1 aliphatic rings. The summed E-state index contributed by atoms with van der Waals surface area (Å²) in [6.07, 6.45) is 2.88. The SMILES string of the molecule is Cc1ccc(F)c(C(=O)N2CCC(n3cc(C(C)(C)O)nn3)CC2)c1F. The number of rotatable bonds is 3. The van der Waals surface area contributed by atoms with Crippen molar-refractivity contribution in [3.05, 3.63) is 46.8 Å². The van der Waals surface area contributed by atoms with Crippen molar-refractivity contribution in [3.8, 4) is 0 Å². The average molecular weight is 364 g/mol. The number of likely N-dealkylation sites (tertiary alicyclic amines) is 1. The maximum absolute atomic E-state index is 14.2. The van der Waals surface area contributed by atoms with Crippen LogP contribution in [0, 0.1) is 18.6 Å². The Morgan fingerprint density at radius 2 is 1.92 bits per heavy atom. The second kappa shape index (κ2) is 6.75. The lowest BCUT2D eigenvalue weighted by molar-refractivity contribution is 0.0679. The van der Waals surface area contributed by atoms with E-state index in [-0.39, 0.29) is 11.6 Å². The van der Waals surface area contributed by atoms with Crippen molar-refractivity contribution in [2.75, 3.05) is 13.1 Å². The molecular formula is C18H22F2N4O2. The van der Waals surface area contributed by atoms with E-state index >= 15 is 0 Å². The molecule has 26 heavy (non-hydrogen) atoms. The van der Waals surface area contributed by atoms with Crippen LogP contribution in [0.1, 0.15) is 54.3 Å². The van der Waals surface area contributed by atoms with E-state index in [0.29, 0.717) is 31.6 Å². The monoisotopic (exact) mass is 364 g/mol. The van der Waals surface area contributed by atoms with Crippen molar-refractivity contribution in [3.63, 3.8) is 0 Å². The van der Waals surface area contributed by atoms with Crippen LogP contribution >= 0.6 is 0 Å². The molecule has 0 saturated carbocycles. The topological polar surface area (TPSA) is 71.2 Å². The Kier molecular flexibility index (Phi) is 4.79. The van der Waals surface area contributed by atoms with Gasteiger partial charge < -0.3 is 10.0 Å². The molecule has 1 fully saturated rings. The minimum absolute atomic E-state index is 0.0230. The predicted molar refractivity (Wildman–Crippen MR) is 90.5 cm³/mol. The number of carbonyl (C=O) groups is 1. The standard InChI is InChI=1S/C18H22F2N4O2/c1-11-4-5-13(19)15(16(11)20)17(25)23-8-6-12(7-9-23)24-10-14(21-22-24)18(2,3)26/h4-5,10,12,26H,6-9H2,1-3H3. The highest BCUT2D eigenvalue weighted by atomic mass is 19.1. The number of aryl methyl sites for hydroxylation is 1. The molecule has 1 N–H and O–H groups in total. The van der Waals surface area contributed by atoms with Crippen LogP contribution < -0.4 is 0 Å². The third-order valence-electron chi connectivity index (χ3n) is 4.76. The van der Waals surface area contributed by atoms with Crippen molar-refractivity contribution >= 4 is 5.91 Å². The molecule has 0 atom stereocenters. The summed E-state index contributed by atoms with van der Waals surface area (Å²) >= 11 is 0. The first-order valence-corrected chi connectivity index (χ1v) is 8.57. The largest absolute Gasteiger partial charge is 0.384 e. The predicted octanol–water partition coefficient (Wildman–Crippen LogP) is 2.57. The molecule has 2 heterocycles. The number of piperidine rings is 1. The van der Waals surface area contributed by atoms with Crippen LogP contribution in [0.4, 0.5) is 8.78 Å². The van der Waals surface area contributed by atoms with Gasteiger partial charge in [-0.1, -0.05) is 11.3 Å². The molecule has 1 saturated heterocycles. The molecule has 6 nitrogen and oxygen atoms in total. The molecule has 0 spiro atoms. The molecule has 1 amide bonds. The van der Waals surface area contributed by atoms with Crippen LogP contribution in [-0.4, -0.2) is 44.0 Å². The lowest BCUT2D eigenvalue weighted by Gasteiger charge is -2.32. The molecule has 8 heteroatoms. The zero-order valence-corrected chi connectivity index (χ0v) is 15.0. The molecule has 0 aliphatic carbocycles. The first-order valence-electron chi connectivity index (χ1n) is 8.57. The van der Waals surface area contributed by atoms with Crippen LogP contribution in [0.5, 0.6) is 0 Å². The quantitative estimate of drug-likeness (QED) is 0.909. The molecule has 1 aromatic carbocycles. The van der Waals surface area contributed by atoms with E-state index in [1.165, 1.54) is 17.9 Å². The Balaban J connectivity index is 1.70. The molecule has 0 bridgehead atoms. The van der Waals surface area contributed by atoms with Crippen LogP contribution in [0.25, 0.3) is 0 Å². The van der Waals surface area contributed by atoms with E-state index in [1.807, 2.05) is 0 Å². The maximum atomic E-state index is 14.2. The molecule has 140 valence electrons. The lowest BCUT2D eigenvalue weighted by atomic mass is 10.0. The fourth-order valence-electron chi connectivity index (χ4n) is 3.08. The summed E-state index contributed by atoms with van der Waals surface area (Å²) in [5.41, 5.74) is -0.852. The third kappa shape index (κ3) is 3.46. The highest BCUT2D eigenvalue weighted by Crippen LogP contribution is 2.26. The second-order valence-electron chi connectivity index (χ2n) is 7.22. The van der Waals surface area contributed by atoms with Crippen LogP contribution in [0.2, 0.25) is 0 Å².